The Morgan fingerprint density at radius 1 is 1.32 bits per heavy atom. The van der Waals surface area contributed by atoms with Crippen LogP contribution < -0.4 is 11.1 Å². The average molecular weight is 325 g/mol. The molecule has 104 valence electrons. The summed E-state index contributed by atoms with van der Waals surface area (Å²) in [5, 5.41) is 3.40. The van der Waals surface area contributed by atoms with Gasteiger partial charge in [0.2, 0.25) is 5.91 Å². The third-order valence-corrected chi connectivity index (χ3v) is 4.65. The molecule has 0 heterocycles. The van der Waals surface area contributed by atoms with Crippen LogP contribution >= 0.6 is 15.9 Å². The summed E-state index contributed by atoms with van der Waals surface area (Å²) in [5.41, 5.74) is 6.14. The van der Waals surface area contributed by atoms with E-state index in [0.717, 1.165) is 35.8 Å². The highest BCUT2D eigenvalue weighted by Gasteiger charge is 2.44. The fraction of sp³-hybridized carbons (Fsp3) is 0.533. The number of rotatable bonds is 3. The Labute approximate surface area is 123 Å². The lowest BCUT2D eigenvalue weighted by molar-refractivity contribution is -0.124. The van der Waals surface area contributed by atoms with Crippen molar-refractivity contribution in [1.29, 1.82) is 0 Å². The molecule has 1 aliphatic rings. The van der Waals surface area contributed by atoms with Crippen LogP contribution in [0, 0.1) is 5.41 Å². The molecule has 1 unspecified atom stereocenters. The van der Waals surface area contributed by atoms with Crippen LogP contribution in [-0.4, -0.2) is 11.4 Å². The third-order valence-electron chi connectivity index (χ3n) is 3.96. The zero-order valence-corrected chi connectivity index (χ0v) is 13.1. The lowest BCUT2D eigenvalue weighted by atomic mass is 9.67. The van der Waals surface area contributed by atoms with E-state index in [-0.39, 0.29) is 11.3 Å². The summed E-state index contributed by atoms with van der Waals surface area (Å²) in [6.07, 6.45) is 3.73. The summed E-state index contributed by atoms with van der Waals surface area (Å²) in [6, 6.07) is 7.84. The minimum Gasteiger partial charge on any atom is -0.370 e. The van der Waals surface area contributed by atoms with Gasteiger partial charge in [-0.3, -0.25) is 4.79 Å². The number of hydrogen-bond acceptors (Lipinski definition) is 2. The van der Waals surface area contributed by atoms with Gasteiger partial charge in [0.05, 0.1) is 0 Å². The van der Waals surface area contributed by atoms with Crippen molar-refractivity contribution in [2.24, 2.45) is 11.1 Å². The minimum absolute atomic E-state index is 0.140. The number of halogens is 1. The maximum Gasteiger partial charge on any atom is 0.243 e. The molecule has 1 amide bonds. The fourth-order valence-electron chi connectivity index (χ4n) is 3.06. The van der Waals surface area contributed by atoms with Crippen molar-refractivity contribution >= 4 is 27.5 Å². The number of nitrogens with two attached hydrogens (primary N) is 1. The number of carbonyl (C=O) groups is 1. The van der Waals surface area contributed by atoms with E-state index in [1.54, 1.807) is 0 Å². The van der Waals surface area contributed by atoms with Gasteiger partial charge in [-0.15, -0.1) is 0 Å². The Morgan fingerprint density at radius 3 is 2.58 bits per heavy atom. The molecule has 0 aliphatic heterocycles. The van der Waals surface area contributed by atoms with E-state index < -0.39 is 5.54 Å². The van der Waals surface area contributed by atoms with E-state index in [9.17, 15) is 4.79 Å². The number of primary amides is 1. The second kappa shape index (κ2) is 5.16. The van der Waals surface area contributed by atoms with Gasteiger partial charge in [-0.1, -0.05) is 32.4 Å². The van der Waals surface area contributed by atoms with Crippen molar-refractivity contribution < 1.29 is 4.79 Å². The molecular formula is C15H21BrN2O. The predicted molar refractivity (Wildman–Crippen MR) is 81.9 cm³/mol. The topological polar surface area (TPSA) is 55.1 Å². The molecule has 1 fully saturated rings. The smallest absolute Gasteiger partial charge is 0.243 e. The first kappa shape index (κ1) is 14.4. The lowest BCUT2D eigenvalue weighted by Crippen LogP contribution is -2.55. The van der Waals surface area contributed by atoms with E-state index in [1.165, 1.54) is 0 Å². The molecule has 4 heteroatoms. The molecule has 19 heavy (non-hydrogen) atoms. The van der Waals surface area contributed by atoms with E-state index in [2.05, 4.69) is 35.1 Å². The van der Waals surface area contributed by atoms with Gasteiger partial charge in [0.1, 0.15) is 5.54 Å². The molecule has 3 N–H and O–H groups in total. The number of amides is 1. The van der Waals surface area contributed by atoms with Crippen LogP contribution in [0.25, 0.3) is 0 Å². The van der Waals surface area contributed by atoms with Gasteiger partial charge in [0.15, 0.2) is 0 Å². The highest BCUT2D eigenvalue weighted by atomic mass is 79.9. The number of anilines is 1. The van der Waals surface area contributed by atoms with Gasteiger partial charge in [-0.25, -0.2) is 0 Å². The molecule has 1 aromatic rings. The average Bonchev–Trinajstić information content (AvgIpc) is 2.30. The van der Waals surface area contributed by atoms with E-state index in [0.29, 0.717) is 0 Å². The molecule has 0 saturated heterocycles. The van der Waals surface area contributed by atoms with Crippen molar-refractivity contribution in [1.82, 2.24) is 0 Å². The van der Waals surface area contributed by atoms with Gasteiger partial charge < -0.3 is 11.1 Å². The number of hydrogen-bond donors (Lipinski definition) is 2. The SMILES string of the molecule is CC1(C)CCCC(Nc2ccccc2Br)(C(N)=O)C1. The maximum absolute atomic E-state index is 12.0. The third kappa shape index (κ3) is 3.11. The largest absolute Gasteiger partial charge is 0.370 e. The predicted octanol–water partition coefficient (Wildman–Crippen LogP) is 3.69. The maximum atomic E-state index is 12.0. The van der Waals surface area contributed by atoms with E-state index in [4.69, 9.17) is 5.73 Å². The molecule has 1 saturated carbocycles. The fourth-order valence-corrected chi connectivity index (χ4v) is 3.45. The Morgan fingerprint density at radius 2 is 2.00 bits per heavy atom. The van der Waals surface area contributed by atoms with Gasteiger partial charge in [0.25, 0.3) is 0 Å². The number of para-hydroxylation sites is 1. The van der Waals surface area contributed by atoms with Gasteiger partial charge >= 0.3 is 0 Å². The van der Waals surface area contributed by atoms with Crippen LogP contribution in [0.1, 0.15) is 39.5 Å². The van der Waals surface area contributed by atoms with E-state index in [1.807, 2.05) is 24.3 Å². The Kier molecular flexibility index (Phi) is 3.90. The summed E-state index contributed by atoms with van der Waals surface area (Å²) in [6.45, 7) is 4.40. The minimum atomic E-state index is -0.633. The first-order valence-corrected chi connectivity index (χ1v) is 7.47. The number of benzene rings is 1. The Bertz CT molecular complexity index is 487. The molecule has 0 radical (unpaired) electrons. The first-order chi connectivity index (χ1) is 8.85. The quantitative estimate of drug-likeness (QED) is 0.890. The summed E-state index contributed by atoms with van der Waals surface area (Å²) in [7, 11) is 0. The molecule has 2 rings (SSSR count). The van der Waals surface area contributed by atoms with Crippen LogP contribution in [0.5, 0.6) is 0 Å². The van der Waals surface area contributed by atoms with Crippen molar-refractivity contribution in [2.45, 2.75) is 45.1 Å². The Hall–Kier alpha value is -1.03. The van der Waals surface area contributed by atoms with Crippen molar-refractivity contribution in [3.05, 3.63) is 28.7 Å². The molecule has 0 spiro atoms. The molecule has 3 nitrogen and oxygen atoms in total. The zero-order chi connectivity index (χ0) is 14.1. The standard InChI is InChI=1S/C15H21BrN2O/c1-14(2)8-5-9-15(10-14,13(17)19)18-12-7-4-3-6-11(12)16/h3-4,6-7,18H,5,8-10H2,1-2H3,(H2,17,19). The monoisotopic (exact) mass is 324 g/mol. The molecule has 1 aliphatic carbocycles. The summed E-state index contributed by atoms with van der Waals surface area (Å²) in [5.74, 6) is -0.254. The van der Waals surface area contributed by atoms with E-state index >= 15 is 0 Å². The Balaban J connectivity index is 2.31. The zero-order valence-electron chi connectivity index (χ0n) is 11.5. The molecule has 1 aromatic carbocycles. The summed E-state index contributed by atoms with van der Waals surface area (Å²) >= 11 is 3.51. The highest BCUT2D eigenvalue weighted by molar-refractivity contribution is 9.10. The van der Waals surface area contributed by atoms with Crippen molar-refractivity contribution in [2.75, 3.05) is 5.32 Å². The number of nitrogens with one attached hydrogen (secondary N) is 1. The van der Waals surface area contributed by atoms with Gasteiger partial charge in [0, 0.05) is 10.2 Å². The van der Waals surface area contributed by atoms with Gasteiger partial charge in [-0.2, -0.15) is 0 Å². The second-order valence-corrected chi connectivity index (χ2v) is 7.10. The summed E-state index contributed by atoms with van der Waals surface area (Å²) < 4.78 is 0.957. The lowest BCUT2D eigenvalue weighted by Gasteiger charge is -2.44. The van der Waals surface area contributed by atoms with Crippen molar-refractivity contribution in [3.8, 4) is 0 Å². The van der Waals surface area contributed by atoms with Crippen LogP contribution in [0.15, 0.2) is 28.7 Å². The van der Waals surface area contributed by atoms with Crippen LogP contribution in [0.3, 0.4) is 0 Å². The molecule has 0 bridgehead atoms. The van der Waals surface area contributed by atoms with Crippen LogP contribution in [-0.2, 0) is 4.79 Å². The highest BCUT2D eigenvalue weighted by Crippen LogP contribution is 2.43. The molecule has 0 aromatic heterocycles. The van der Waals surface area contributed by atoms with Crippen LogP contribution in [0.2, 0.25) is 0 Å². The van der Waals surface area contributed by atoms with Crippen molar-refractivity contribution in [3.63, 3.8) is 0 Å². The van der Waals surface area contributed by atoms with Crippen LogP contribution in [0.4, 0.5) is 5.69 Å². The first-order valence-electron chi connectivity index (χ1n) is 6.67. The summed E-state index contributed by atoms with van der Waals surface area (Å²) in [4.78, 5) is 12.0. The normalized spacial score (nSPS) is 25.8. The van der Waals surface area contributed by atoms with Gasteiger partial charge in [-0.05, 0) is 52.7 Å². The second-order valence-electron chi connectivity index (χ2n) is 6.25. The molecular weight excluding hydrogens is 304 g/mol. The number of carbonyl (C=O) groups excluding carboxylic acids is 1. The molecule has 1 atom stereocenters.